The monoisotopic (exact) mass is 466 g/mol. The first kappa shape index (κ1) is 22.1. The molecule has 11 heteroatoms. The third kappa shape index (κ3) is 5.39. The topological polar surface area (TPSA) is 106 Å². The van der Waals surface area contributed by atoms with Crippen LogP contribution in [-0.4, -0.2) is 90.4 Å². The molecule has 2 aromatic rings. The number of carbonyl (C=O) groups is 1. The van der Waals surface area contributed by atoms with Gasteiger partial charge in [0.25, 0.3) is 11.1 Å². The minimum absolute atomic E-state index is 0.0122. The summed E-state index contributed by atoms with van der Waals surface area (Å²) >= 11 is 1.22. The highest BCUT2D eigenvalue weighted by atomic mass is 32.2. The zero-order valence-electron chi connectivity index (χ0n) is 17.4. The Morgan fingerprint density at radius 2 is 2.00 bits per heavy atom. The van der Waals surface area contributed by atoms with Crippen LogP contribution in [0.5, 0.6) is 5.75 Å². The molecule has 2 aliphatic heterocycles. The fraction of sp³-hybridized carbons (Fsp3) is 0.550. The van der Waals surface area contributed by atoms with Crippen LogP contribution in [0, 0.1) is 0 Å². The van der Waals surface area contributed by atoms with Crippen LogP contribution >= 0.6 is 11.8 Å². The van der Waals surface area contributed by atoms with Crippen molar-refractivity contribution in [3.63, 3.8) is 0 Å². The molecule has 4 rings (SSSR count). The zero-order chi connectivity index (χ0) is 21.8. The molecule has 2 saturated heterocycles. The lowest BCUT2D eigenvalue weighted by Gasteiger charge is -2.37. The molecular weight excluding hydrogens is 440 g/mol. The van der Waals surface area contributed by atoms with Crippen LogP contribution in [-0.2, 0) is 14.6 Å². The molecule has 9 nitrogen and oxygen atoms in total. The Morgan fingerprint density at radius 1 is 1.23 bits per heavy atom. The van der Waals surface area contributed by atoms with Crippen molar-refractivity contribution < 1.29 is 22.4 Å². The minimum Gasteiger partial charge on any atom is -0.493 e. The molecule has 0 saturated carbocycles. The van der Waals surface area contributed by atoms with Gasteiger partial charge >= 0.3 is 0 Å². The van der Waals surface area contributed by atoms with Gasteiger partial charge in [0.15, 0.2) is 9.84 Å². The van der Waals surface area contributed by atoms with E-state index in [9.17, 15) is 13.2 Å². The maximum atomic E-state index is 12.6. The molecule has 2 aliphatic rings. The van der Waals surface area contributed by atoms with Crippen LogP contribution in [0.25, 0.3) is 11.5 Å². The molecule has 1 amide bonds. The van der Waals surface area contributed by atoms with E-state index in [1.165, 1.54) is 11.8 Å². The van der Waals surface area contributed by atoms with Crippen molar-refractivity contribution in [1.82, 2.24) is 20.0 Å². The molecule has 0 spiro atoms. The number of para-hydroxylation sites is 1. The Hall–Kier alpha value is -2.11. The van der Waals surface area contributed by atoms with Crippen LogP contribution in [0.4, 0.5) is 0 Å². The van der Waals surface area contributed by atoms with E-state index < -0.39 is 9.84 Å². The molecule has 1 unspecified atom stereocenters. The standard InChI is InChI=1S/C20H26N4O5S2/c1-2-28-17-6-4-3-5-16(17)19-21-22-20(29-19)30-13-18(25)24-10-8-23(9-11-24)15-7-12-31(26,27)14-15/h3-6,15H,2,7-14H2,1H3. The molecule has 0 bridgehead atoms. The number of piperazine rings is 1. The molecular formula is C20H26N4O5S2. The smallest absolute Gasteiger partial charge is 0.277 e. The van der Waals surface area contributed by atoms with Gasteiger partial charge in [-0.25, -0.2) is 8.42 Å². The van der Waals surface area contributed by atoms with Crippen molar-refractivity contribution in [1.29, 1.82) is 0 Å². The Bertz CT molecular complexity index is 1020. The lowest BCUT2D eigenvalue weighted by molar-refractivity contribution is -0.130. The van der Waals surface area contributed by atoms with Crippen LogP contribution < -0.4 is 4.74 Å². The van der Waals surface area contributed by atoms with E-state index in [0.717, 1.165) is 5.56 Å². The lowest BCUT2D eigenvalue weighted by atomic mass is 10.2. The molecule has 0 aliphatic carbocycles. The molecule has 168 valence electrons. The highest BCUT2D eigenvalue weighted by Gasteiger charge is 2.34. The number of ether oxygens (including phenoxy) is 1. The number of thioether (sulfide) groups is 1. The summed E-state index contributed by atoms with van der Waals surface area (Å²) in [6, 6.07) is 7.55. The summed E-state index contributed by atoms with van der Waals surface area (Å²) in [6.07, 6.45) is 0.693. The fourth-order valence-corrected chi connectivity index (χ4v) is 6.34. The van der Waals surface area contributed by atoms with Gasteiger partial charge in [0.2, 0.25) is 5.91 Å². The van der Waals surface area contributed by atoms with Gasteiger partial charge in [-0.15, -0.1) is 10.2 Å². The maximum Gasteiger partial charge on any atom is 0.277 e. The summed E-state index contributed by atoms with van der Waals surface area (Å²) in [5, 5.41) is 8.47. The third-order valence-electron chi connectivity index (χ3n) is 5.53. The second-order valence-corrected chi connectivity index (χ2v) is 10.7. The molecule has 0 N–H and O–H groups in total. The van der Waals surface area contributed by atoms with Gasteiger partial charge in [0, 0.05) is 32.2 Å². The summed E-state index contributed by atoms with van der Waals surface area (Å²) in [6.45, 7) is 5.06. The van der Waals surface area contributed by atoms with Crippen molar-refractivity contribution in [2.24, 2.45) is 0 Å². The number of sulfone groups is 1. The Morgan fingerprint density at radius 3 is 2.71 bits per heavy atom. The Balaban J connectivity index is 1.27. The number of benzene rings is 1. The van der Waals surface area contributed by atoms with E-state index in [-0.39, 0.29) is 29.2 Å². The third-order valence-corrected chi connectivity index (χ3v) is 8.09. The van der Waals surface area contributed by atoms with E-state index in [0.29, 0.717) is 56.1 Å². The molecule has 2 fully saturated rings. The quantitative estimate of drug-likeness (QED) is 0.562. The van der Waals surface area contributed by atoms with Gasteiger partial charge in [-0.1, -0.05) is 23.9 Å². The number of carbonyl (C=O) groups excluding carboxylic acids is 1. The molecule has 31 heavy (non-hydrogen) atoms. The molecule has 1 aromatic heterocycles. The average molecular weight is 467 g/mol. The Kier molecular flexibility index (Phi) is 6.83. The predicted molar refractivity (Wildman–Crippen MR) is 117 cm³/mol. The first-order valence-corrected chi connectivity index (χ1v) is 13.2. The number of nitrogens with zero attached hydrogens (tertiary/aromatic N) is 4. The minimum atomic E-state index is -2.89. The first-order chi connectivity index (χ1) is 14.9. The van der Waals surface area contributed by atoms with Crippen LogP contribution in [0.1, 0.15) is 13.3 Å². The van der Waals surface area contributed by atoms with Crippen molar-refractivity contribution in [2.45, 2.75) is 24.6 Å². The van der Waals surface area contributed by atoms with Gasteiger partial charge in [-0.3, -0.25) is 9.69 Å². The highest BCUT2D eigenvalue weighted by molar-refractivity contribution is 7.99. The van der Waals surface area contributed by atoms with E-state index >= 15 is 0 Å². The predicted octanol–water partition coefficient (Wildman–Crippen LogP) is 1.56. The number of rotatable bonds is 7. The van der Waals surface area contributed by atoms with E-state index in [2.05, 4.69) is 15.1 Å². The summed E-state index contributed by atoms with van der Waals surface area (Å²) in [5.74, 6) is 1.77. The van der Waals surface area contributed by atoms with Crippen molar-refractivity contribution >= 4 is 27.5 Å². The van der Waals surface area contributed by atoms with Crippen LogP contribution in [0.2, 0.25) is 0 Å². The molecule has 1 aromatic carbocycles. The highest BCUT2D eigenvalue weighted by Crippen LogP contribution is 2.30. The second kappa shape index (κ2) is 9.58. The largest absolute Gasteiger partial charge is 0.493 e. The van der Waals surface area contributed by atoms with Crippen molar-refractivity contribution in [3.05, 3.63) is 24.3 Å². The van der Waals surface area contributed by atoms with Crippen molar-refractivity contribution in [2.75, 3.05) is 50.0 Å². The average Bonchev–Trinajstić information content (AvgIpc) is 3.39. The molecule has 3 heterocycles. The number of hydrogen-bond donors (Lipinski definition) is 0. The van der Waals surface area contributed by atoms with Gasteiger partial charge in [0.1, 0.15) is 5.75 Å². The SMILES string of the molecule is CCOc1ccccc1-c1nnc(SCC(=O)N2CCN(C3CCS(=O)(=O)C3)CC2)o1. The van der Waals surface area contributed by atoms with E-state index in [1.807, 2.05) is 36.1 Å². The van der Waals surface area contributed by atoms with Gasteiger partial charge in [0.05, 0.1) is 29.4 Å². The first-order valence-electron chi connectivity index (χ1n) is 10.4. The normalized spacial score (nSPS) is 21.3. The summed E-state index contributed by atoms with van der Waals surface area (Å²) in [5.41, 5.74) is 0.722. The van der Waals surface area contributed by atoms with Crippen molar-refractivity contribution in [3.8, 4) is 17.2 Å². The molecule has 1 atom stereocenters. The van der Waals surface area contributed by atoms with E-state index in [1.54, 1.807) is 0 Å². The molecule has 0 radical (unpaired) electrons. The summed E-state index contributed by atoms with van der Waals surface area (Å²) < 4.78 is 34.7. The summed E-state index contributed by atoms with van der Waals surface area (Å²) in [4.78, 5) is 16.6. The fourth-order valence-electron chi connectivity index (χ4n) is 3.92. The van der Waals surface area contributed by atoms with Gasteiger partial charge < -0.3 is 14.1 Å². The maximum absolute atomic E-state index is 12.6. The zero-order valence-corrected chi connectivity index (χ0v) is 19.0. The number of aromatic nitrogens is 2. The van der Waals surface area contributed by atoms with Gasteiger partial charge in [-0.05, 0) is 25.5 Å². The van der Waals surface area contributed by atoms with Crippen LogP contribution in [0.3, 0.4) is 0 Å². The number of amides is 1. The number of hydrogen-bond acceptors (Lipinski definition) is 9. The second-order valence-electron chi connectivity index (χ2n) is 7.56. The Labute approximate surface area is 186 Å². The van der Waals surface area contributed by atoms with Crippen LogP contribution in [0.15, 0.2) is 33.9 Å². The van der Waals surface area contributed by atoms with E-state index in [4.69, 9.17) is 9.15 Å². The summed E-state index contributed by atoms with van der Waals surface area (Å²) in [7, 11) is -2.89. The van der Waals surface area contributed by atoms with Gasteiger partial charge in [-0.2, -0.15) is 0 Å². The lowest BCUT2D eigenvalue weighted by Crippen LogP contribution is -2.52.